The van der Waals surface area contributed by atoms with Crippen LogP contribution in [0.3, 0.4) is 0 Å². The van der Waals surface area contributed by atoms with Crippen LogP contribution in [0.1, 0.15) is 59.8 Å². The smallest absolute Gasteiger partial charge is 0.325 e. The number of likely N-dealkylation sites (tertiary alicyclic amines) is 1. The van der Waals surface area contributed by atoms with Crippen LogP contribution in [0.4, 0.5) is 0 Å². The number of hydrogen-bond donors (Lipinski definition) is 1. The van der Waals surface area contributed by atoms with Crippen molar-refractivity contribution in [1.82, 2.24) is 10.2 Å². The molecule has 1 N–H and O–H groups in total. The molecule has 2 rings (SSSR count). The van der Waals surface area contributed by atoms with Crippen LogP contribution in [0.2, 0.25) is 0 Å². The summed E-state index contributed by atoms with van der Waals surface area (Å²) in [5.74, 6) is 0.694. The summed E-state index contributed by atoms with van der Waals surface area (Å²) < 4.78 is 5.06. The molecule has 0 aromatic carbocycles. The highest BCUT2D eigenvalue weighted by Crippen LogP contribution is 2.30. The monoisotopic (exact) mass is 296 g/mol. The van der Waals surface area contributed by atoms with Crippen molar-refractivity contribution >= 4 is 5.97 Å². The van der Waals surface area contributed by atoms with Gasteiger partial charge in [-0.3, -0.25) is 15.0 Å². The van der Waals surface area contributed by atoms with Gasteiger partial charge in [-0.2, -0.15) is 0 Å². The third kappa shape index (κ3) is 4.19. The van der Waals surface area contributed by atoms with Crippen LogP contribution in [0.15, 0.2) is 0 Å². The van der Waals surface area contributed by atoms with E-state index in [-0.39, 0.29) is 5.97 Å². The highest BCUT2D eigenvalue weighted by atomic mass is 16.5. The number of hydrogen-bond acceptors (Lipinski definition) is 4. The van der Waals surface area contributed by atoms with E-state index in [1.807, 2.05) is 6.92 Å². The quantitative estimate of drug-likeness (QED) is 0.765. The number of nitrogens with one attached hydrogen (secondary N) is 1. The Morgan fingerprint density at radius 2 is 2.05 bits per heavy atom. The molecule has 4 unspecified atom stereocenters. The maximum Gasteiger partial charge on any atom is 0.325 e. The van der Waals surface area contributed by atoms with Crippen LogP contribution >= 0.6 is 0 Å². The summed E-state index contributed by atoms with van der Waals surface area (Å²) in [5, 5.41) is 3.51. The first-order valence-electron chi connectivity index (χ1n) is 8.47. The van der Waals surface area contributed by atoms with Crippen molar-refractivity contribution in [2.45, 2.75) is 83.5 Å². The number of esters is 1. The molecule has 0 amide bonds. The number of piperidine rings is 1. The summed E-state index contributed by atoms with van der Waals surface area (Å²) in [4.78, 5) is 14.8. The van der Waals surface area contributed by atoms with E-state index in [9.17, 15) is 4.79 Å². The van der Waals surface area contributed by atoms with Gasteiger partial charge in [0.15, 0.2) is 0 Å². The number of nitrogens with zero attached hydrogens (tertiary/aromatic N) is 1. The lowest BCUT2D eigenvalue weighted by Gasteiger charge is -2.43. The van der Waals surface area contributed by atoms with Crippen molar-refractivity contribution in [2.75, 3.05) is 13.7 Å². The Morgan fingerprint density at radius 3 is 2.57 bits per heavy atom. The number of carbonyl (C=O) groups excluding carboxylic acids is 1. The molecule has 4 atom stereocenters. The van der Waals surface area contributed by atoms with Gasteiger partial charge in [0.25, 0.3) is 0 Å². The van der Waals surface area contributed by atoms with Gasteiger partial charge < -0.3 is 4.74 Å². The molecule has 1 aliphatic carbocycles. The van der Waals surface area contributed by atoms with E-state index in [0.29, 0.717) is 18.1 Å². The molecule has 4 nitrogen and oxygen atoms in total. The van der Waals surface area contributed by atoms with E-state index in [1.165, 1.54) is 32.8 Å². The SMILES string of the molecule is COC(=O)C(C)(CC(C)N1CCC(C)CC1C)NC1CC1. The summed E-state index contributed by atoms with van der Waals surface area (Å²) in [5.41, 5.74) is -0.557. The van der Waals surface area contributed by atoms with Gasteiger partial charge in [-0.15, -0.1) is 0 Å². The molecule has 0 aromatic heterocycles. The fourth-order valence-corrected chi connectivity index (χ4v) is 3.89. The van der Waals surface area contributed by atoms with Crippen molar-refractivity contribution in [3.05, 3.63) is 0 Å². The first-order valence-corrected chi connectivity index (χ1v) is 8.47. The summed E-state index contributed by atoms with van der Waals surface area (Å²) >= 11 is 0. The Labute approximate surface area is 129 Å². The number of carbonyl (C=O) groups is 1. The molecule has 0 bridgehead atoms. The normalized spacial score (nSPS) is 31.5. The Kier molecular flexibility index (Phi) is 5.31. The first kappa shape index (κ1) is 16.8. The number of methoxy groups -OCH3 is 1. The topological polar surface area (TPSA) is 41.6 Å². The molecular weight excluding hydrogens is 264 g/mol. The molecule has 21 heavy (non-hydrogen) atoms. The van der Waals surface area contributed by atoms with Gasteiger partial charge in [-0.05, 0) is 65.3 Å². The highest BCUT2D eigenvalue weighted by Gasteiger charge is 2.42. The zero-order valence-electron chi connectivity index (χ0n) is 14.3. The Balaban J connectivity index is 1.99. The summed E-state index contributed by atoms with van der Waals surface area (Å²) in [6.07, 6.45) is 5.70. The fraction of sp³-hybridized carbons (Fsp3) is 0.941. The molecule has 4 heteroatoms. The van der Waals surface area contributed by atoms with E-state index < -0.39 is 5.54 Å². The molecule has 1 aliphatic heterocycles. The van der Waals surface area contributed by atoms with E-state index in [0.717, 1.165) is 18.9 Å². The van der Waals surface area contributed by atoms with Gasteiger partial charge in [-0.25, -0.2) is 0 Å². The summed E-state index contributed by atoms with van der Waals surface area (Å²) in [7, 11) is 1.49. The van der Waals surface area contributed by atoms with Crippen LogP contribution in [0.25, 0.3) is 0 Å². The van der Waals surface area contributed by atoms with Gasteiger partial charge in [0.05, 0.1) is 7.11 Å². The molecule has 1 saturated carbocycles. The second-order valence-corrected chi connectivity index (χ2v) is 7.51. The lowest BCUT2D eigenvalue weighted by atomic mass is 9.88. The van der Waals surface area contributed by atoms with Gasteiger partial charge in [0, 0.05) is 18.1 Å². The Morgan fingerprint density at radius 1 is 1.38 bits per heavy atom. The van der Waals surface area contributed by atoms with Gasteiger partial charge in [-0.1, -0.05) is 6.92 Å². The van der Waals surface area contributed by atoms with Crippen LogP contribution in [-0.4, -0.2) is 48.2 Å². The standard InChI is InChI=1S/C17H32N2O2/c1-12-8-9-19(13(2)10-12)14(3)11-17(4,16(20)21-5)18-15-6-7-15/h12-15,18H,6-11H2,1-5H3. The van der Waals surface area contributed by atoms with Gasteiger partial charge in [0.1, 0.15) is 5.54 Å². The van der Waals surface area contributed by atoms with Gasteiger partial charge >= 0.3 is 5.97 Å². The molecule has 122 valence electrons. The lowest BCUT2D eigenvalue weighted by Crippen LogP contribution is -2.56. The first-order chi connectivity index (χ1) is 9.85. The van der Waals surface area contributed by atoms with E-state index in [2.05, 4.69) is 31.0 Å². The lowest BCUT2D eigenvalue weighted by molar-refractivity contribution is -0.149. The van der Waals surface area contributed by atoms with Crippen molar-refractivity contribution in [2.24, 2.45) is 5.92 Å². The maximum atomic E-state index is 12.2. The predicted octanol–water partition coefficient (Wildman–Crippen LogP) is 2.57. The maximum absolute atomic E-state index is 12.2. The van der Waals surface area contributed by atoms with Crippen LogP contribution < -0.4 is 5.32 Å². The summed E-state index contributed by atoms with van der Waals surface area (Å²) in [6, 6.07) is 1.49. The van der Waals surface area contributed by atoms with Crippen molar-refractivity contribution in [1.29, 1.82) is 0 Å². The zero-order valence-corrected chi connectivity index (χ0v) is 14.3. The highest BCUT2D eigenvalue weighted by molar-refractivity contribution is 5.80. The van der Waals surface area contributed by atoms with Crippen molar-refractivity contribution < 1.29 is 9.53 Å². The second-order valence-electron chi connectivity index (χ2n) is 7.51. The summed E-state index contributed by atoms with van der Waals surface area (Å²) in [6.45, 7) is 10.1. The third-order valence-corrected chi connectivity index (χ3v) is 5.20. The van der Waals surface area contributed by atoms with E-state index in [1.54, 1.807) is 0 Å². The Bertz CT molecular complexity index is 370. The average molecular weight is 296 g/mol. The number of ether oxygens (including phenoxy) is 1. The van der Waals surface area contributed by atoms with Gasteiger partial charge in [0.2, 0.25) is 0 Å². The van der Waals surface area contributed by atoms with Crippen LogP contribution in [0, 0.1) is 5.92 Å². The largest absolute Gasteiger partial charge is 0.468 e. The molecule has 0 spiro atoms. The average Bonchev–Trinajstić information content (AvgIpc) is 3.20. The molecule has 2 fully saturated rings. The molecule has 2 aliphatic rings. The van der Waals surface area contributed by atoms with Crippen LogP contribution in [0.5, 0.6) is 0 Å². The molecular formula is C17H32N2O2. The Hall–Kier alpha value is -0.610. The minimum absolute atomic E-state index is 0.126. The van der Waals surface area contributed by atoms with Crippen LogP contribution in [-0.2, 0) is 9.53 Å². The second kappa shape index (κ2) is 6.66. The minimum Gasteiger partial charge on any atom is -0.468 e. The van der Waals surface area contributed by atoms with Crippen molar-refractivity contribution in [3.63, 3.8) is 0 Å². The molecule has 0 radical (unpaired) electrons. The van der Waals surface area contributed by atoms with E-state index >= 15 is 0 Å². The molecule has 1 heterocycles. The van der Waals surface area contributed by atoms with E-state index in [4.69, 9.17) is 4.74 Å². The predicted molar refractivity (Wildman–Crippen MR) is 85.2 cm³/mol. The third-order valence-electron chi connectivity index (χ3n) is 5.20. The number of rotatable bonds is 6. The molecule has 0 aromatic rings. The minimum atomic E-state index is -0.557. The fourth-order valence-electron chi connectivity index (χ4n) is 3.89. The van der Waals surface area contributed by atoms with Crippen molar-refractivity contribution in [3.8, 4) is 0 Å². The zero-order chi connectivity index (χ0) is 15.6. The molecule has 1 saturated heterocycles.